The Morgan fingerprint density at radius 1 is 1.35 bits per heavy atom. The van der Waals surface area contributed by atoms with E-state index in [1.165, 1.54) is 19.3 Å². The molecule has 0 heterocycles. The summed E-state index contributed by atoms with van der Waals surface area (Å²) in [5, 5.41) is 18.4. The molecular formula is C16H24N2O2. The molecule has 110 valence electrons. The van der Waals surface area contributed by atoms with E-state index in [0.717, 1.165) is 18.4 Å². The summed E-state index contributed by atoms with van der Waals surface area (Å²) in [4.78, 5) is 7.80. The van der Waals surface area contributed by atoms with Crippen molar-refractivity contribution in [2.75, 3.05) is 6.54 Å². The van der Waals surface area contributed by atoms with Gasteiger partial charge in [-0.05, 0) is 32.6 Å². The van der Waals surface area contributed by atoms with Gasteiger partial charge < -0.3 is 10.2 Å². The van der Waals surface area contributed by atoms with Crippen LogP contribution in [0.25, 0.3) is 0 Å². The quantitative estimate of drug-likeness (QED) is 0.759. The summed E-state index contributed by atoms with van der Waals surface area (Å²) >= 11 is 0. The highest BCUT2D eigenvalue weighted by Gasteiger charge is 2.11. The van der Waals surface area contributed by atoms with Gasteiger partial charge in [0.25, 0.3) is 0 Å². The first kappa shape index (κ1) is 16.4. The molecule has 0 unspecified atom stereocenters. The van der Waals surface area contributed by atoms with Gasteiger partial charge in [-0.3, -0.25) is 9.98 Å². The molecule has 0 radical (unpaired) electrons. The molecule has 1 fully saturated rings. The highest BCUT2D eigenvalue weighted by Crippen LogP contribution is 2.16. The maximum atomic E-state index is 9.47. The normalized spacial score (nSPS) is 23.2. The molecule has 0 aliphatic heterocycles. The largest absolute Gasteiger partial charge is 0.506 e. The van der Waals surface area contributed by atoms with Crippen LogP contribution in [0, 0.1) is 0 Å². The van der Waals surface area contributed by atoms with Gasteiger partial charge in [0.2, 0.25) is 0 Å². The van der Waals surface area contributed by atoms with Crippen LogP contribution in [-0.2, 0) is 0 Å². The van der Waals surface area contributed by atoms with Crippen molar-refractivity contribution in [2.45, 2.75) is 45.1 Å². The van der Waals surface area contributed by atoms with Crippen molar-refractivity contribution in [3.8, 4) is 0 Å². The standard InChI is InChI=1S/C10H12N2O.C6H12O/c1-3-12-10-8(7-11-2)5-4-6-9(10)13;7-6-4-2-1-3-5-6/h4-7,13H,2-3H2,1H3;6-7H,1-5H2/b8-7-,12-10?;. The fraction of sp³-hybridized carbons (Fsp3) is 0.500. The number of allylic oxidation sites excluding steroid dienone is 4. The molecular weight excluding hydrogens is 252 g/mol. The van der Waals surface area contributed by atoms with Crippen LogP contribution < -0.4 is 0 Å². The summed E-state index contributed by atoms with van der Waals surface area (Å²) in [5.41, 5.74) is 1.37. The average Bonchev–Trinajstić information content (AvgIpc) is 2.45. The van der Waals surface area contributed by atoms with Crippen LogP contribution >= 0.6 is 0 Å². The number of rotatable bonds is 2. The maximum Gasteiger partial charge on any atom is 0.141 e. The number of aliphatic hydroxyl groups excluding tert-OH is 2. The second-order valence-electron chi connectivity index (χ2n) is 4.79. The summed E-state index contributed by atoms with van der Waals surface area (Å²) < 4.78 is 0. The van der Waals surface area contributed by atoms with Crippen molar-refractivity contribution in [1.29, 1.82) is 0 Å². The average molecular weight is 276 g/mol. The topological polar surface area (TPSA) is 65.2 Å². The molecule has 0 amide bonds. The fourth-order valence-corrected chi connectivity index (χ4v) is 2.16. The molecule has 20 heavy (non-hydrogen) atoms. The Hall–Kier alpha value is -1.68. The Morgan fingerprint density at radius 2 is 2.05 bits per heavy atom. The van der Waals surface area contributed by atoms with E-state index in [9.17, 15) is 5.11 Å². The monoisotopic (exact) mass is 276 g/mol. The van der Waals surface area contributed by atoms with Crippen LogP contribution in [0.1, 0.15) is 39.0 Å². The predicted molar refractivity (Wildman–Crippen MR) is 84.6 cm³/mol. The van der Waals surface area contributed by atoms with E-state index < -0.39 is 0 Å². The van der Waals surface area contributed by atoms with E-state index in [4.69, 9.17) is 5.11 Å². The van der Waals surface area contributed by atoms with Crippen molar-refractivity contribution >= 4 is 12.4 Å². The van der Waals surface area contributed by atoms with Crippen LogP contribution in [-0.4, -0.2) is 35.3 Å². The van der Waals surface area contributed by atoms with E-state index >= 15 is 0 Å². The molecule has 1 saturated carbocycles. The lowest BCUT2D eigenvalue weighted by Crippen LogP contribution is -2.09. The second-order valence-corrected chi connectivity index (χ2v) is 4.79. The Kier molecular flexibility index (Phi) is 7.58. The minimum atomic E-state index is 0.0359. The molecule has 2 rings (SSSR count). The van der Waals surface area contributed by atoms with E-state index in [0.29, 0.717) is 12.3 Å². The first-order valence-corrected chi connectivity index (χ1v) is 7.15. The Labute approximate surface area is 121 Å². The lowest BCUT2D eigenvalue weighted by molar-refractivity contribution is 0.130. The highest BCUT2D eigenvalue weighted by molar-refractivity contribution is 6.13. The molecule has 0 saturated heterocycles. The molecule has 2 aliphatic rings. The third-order valence-electron chi connectivity index (χ3n) is 3.17. The van der Waals surface area contributed by atoms with Gasteiger partial charge in [0.05, 0.1) is 6.10 Å². The summed E-state index contributed by atoms with van der Waals surface area (Å²) in [6.07, 6.45) is 12.7. The predicted octanol–water partition coefficient (Wildman–Crippen LogP) is 3.35. The summed E-state index contributed by atoms with van der Waals surface area (Å²) in [5.74, 6) is 0.180. The summed E-state index contributed by atoms with van der Waals surface area (Å²) in [6, 6.07) is 0. The Bertz CT molecular complexity index is 428. The van der Waals surface area contributed by atoms with Gasteiger partial charge in [0.15, 0.2) is 0 Å². The van der Waals surface area contributed by atoms with Gasteiger partial charge in [-0.15, -0.1) is 0 Å². The molecule has 4 heteroatoms. The molecule has 2 aliphatic carbocycles. The van der Waals surface area contributed by atoms with Gasteiger partial charge in [0, 0.05) is 18.3 Å². The van der Waals surface area contributed by atoms with E-state index in [1.54, 1.807) is 18.4 Å². The number of aliphatic imine (C=N–C) groups is 2. The second kappa shape index (κ2) is 9.26. The van der Waals surface area contributed by atoms with Crippen LogP contribution in [0.2, 0.25) is 0 Å². The van der Waals surface area contributed by atoms with Crippen molar-refractivity contribution in [2.24, 2.45) is 9.98 Å². The first-order chi connectivity index (χ1) is 9.69. The zero-order chi connectivity index (χ0) is 14.8. The lowest BCUT2D eigenvalue weighted by Gasteiger charge is -2.14. The minimum Gasteiger partial charge on any atom is -0.506 e. The SMILES string of the molecule is C=N/C=C1/C=CC=C(O)C1=NCC.OC1CCCCC1. The molecule has 2 N–H and O–H groups in total. The first-order valence-electron chi connectivity index (χ1n) is 7.15. The summed E-state index contributed by atoms with van der Waals surface area (Å²) in [7, 11) is 0. The molecule has 0 aromatic rings. The van der Waals surface area contributed by atoms with Crippen molar-refractivity contribution < 1.29 is 10.2 Å². The third kappa shape index (κ3) is 5.53. The smallest absolute Gasteiger partial charge is 0.141 e. The third-order valence-corrected chi connectivity index (χ3v) is 3.17. The number of aliphatic hydroxyl groups is 2. The van der Waals surface area contributed by atoms with Crippen molar-refractivity contribution in [1.82, 2.24) is 0 Å². The Balaban J connectivity index is 0.000000240. The van der Waals surface area contributed by atoms with Gasteiger partial charge in [-0.2, -0.15) is 0 Å². The van der Waals surface area contributed by atoms with Crippen LogP contribution in [0.3, 0.4) is 0 Å². The van der Waals surface area contributed by atoms with Gasteiger partial charge >= 0.3 is 0 Å². The zero-order valence-electron chi connectivity index (χ0n) is 12.1. The van der Waals surface area contributed by atoms with Gasteiger partial charge in [-0.25, -0.2) is 0 Å². The Morgan fingerprint density at radius 3 is 2.55 bits per heavy atom. The van der Waals surface area contributed by atoms with Crippen molar-refractivity contribution in [3.05, 3.63) is 35.8 Å². The minimum absolute atomic E-state index is 0.0359. The van der Waals surface area contributed by atoms with E-state index in [2.05, 4.69) is 16.7 Å². The fourth-order valence-electron chi connectivity index (χ4n) is 2.16. The van der Waals surface area contributed by atoms with Crippen LogP contribution in [0.15, 0.2) is 45.7 Å². The summed E-state index contributed by atoms with van der Waals surface area (Å²) in [6.45, 7) is 5.91. The lowest BCUT2D eigenvalue weighted by atomic mass is 9.98. The maximum absolute atomic E-state index is 9.47. The zero-order valence-corrected chi connectivity index (χ0v) is 12.1. The number of nitrogens with zero attached hydrogens (tertiary/aromatic N) is 2. The van der Waals surface area contributed by atoms with E-state index in [1.807, 2.05) is 13.0 Å². The molecule has 0 aromatic heterocycles. The molecule has 0 bridgehead atoms. The number of hydrogen-bond acceptors (Lipinski definition) is 4. The molecule has 0 aromatic carbocycles. The highest BCUT2D eigenvalue weighted by atomic mass is 16.3. The molecule has 4 nitrogen and oxygen atoms in total. The van der Waals surface area contributed by atoms with Gasteiger partial charge in [-0.1, -0.05) is 31.4 Å². The van der Waals surface area contributed by atoms with Crippen LogP contribution in [0.4, 0.5) is 0 Å². The van der Waals surface area contributed by atoms with Crippen molar-refractivity contribution in [3.63, 3.8) is 0 Å². The van der Waals surface area contributed by atoms with Crippen LogP contribution in [0.5, 0.6) is 0 Å². The van der Waals surface area contributed by atoms with Gasteiger partial charge in [0.1, 0.15) is 11.5 Å². The van der Waals surface area contributed by atoms with E-state index in [-0.39, 0.29) is 11.9 Å². The molecule has 0 atom stereocenters. The number of hydrogen-bond donors (Lipinski definition) is 2. The molecule has 0 spiro atoms.